The summed E-state index contributed by atoms with van der Waals surface area (Å²) in [5.41, 5.74) is 6.86. The van der Waals surface area contributed by atoms with Crippen LogP contribution in [0.4, 0.5) is 5.69 Å². The van der Waals surface area contributed by atoms with Gasteiger partial charge in [-0.25, -0.2) is 8.42 Å². The van der Waals surface area contributed by atoms with Crippen molar-refractivity contribution in [2.75, 3.05) is 19.8 Å². The van der Waals surface area contributed by atoms with Crippen molar-refractivity contribution in [3.8, 4) is 0 Å². The van der Waals surface area contributed by atoms with E-state index in [1.54, 1.807) is 6.92 Å². The standard InChI is InChI=1S/C12H18N2O3S/c1-8-7-10(5-6-11(8)13)18(16,17)9(2)12(15)14(3)4/h5-7,9H,13H2,1-4H3. The van der Waals surface area contributed by atoms with Gasteiger partial charge >= 0.3 is 0 Å². The average molecular weight is 270 g/mol. The molecule has 0 heterocycles. The Hall–Kier alpha value is -1.56. The number of benzene rings is 1. The summed E-state index contributed by atoms with van der Waals surface area (Å²) in [6.45, 7) is 3.12. The highest BCUT2D eigenvalue weighted by atomic mass is 32.2. The lowest BCUT2D eigenvalue weighted by Crippen LogP contribution is -2.37. The molecule has 0 aliphatic rings. The van der Waals surface area contributed by atoms with Gasteiger partial charge in [0, 0.05) is 19.8 Å². The first-order valence-electron chi connectivity index (χ1n) is 5.49. The van der Waals surface area contributed by atoms with Crippen LogP contribution in [-0.2, 0) is 14.6 Å². The fraction of sp³-hybridized carbons (Fsp3) is 0.417. The zero-order valence-corrected chi connectivity index (χ0v) is 11.8. The highest BCUT2D eigenvalue weighted by Crippen LogP contribution is 2.21. The first-order valence-corrected chi connectivity index (χ1v) is 7.03. The van der Waals surface area contributed by atoms with Crippen molar-refractivity contribution in [2.45, 2.75) is 24.0 Å². The summed E-state index contributed by atoms with van der Waals surface area (Å²) in [6.07, 6.45) is 0. The second-order valence-electron chi connectivity index (χ2n) is 4.44. The first kappa shape index (κ1) is 14.5. The van der Waals surface area contributed by atoms with Crippen molar-refractivity contribution in [3.63, 3.8) is 0 Å². The average Bonchev–Trinajstić information content (AvgIpc) is 2.30. The van der Waals surface area contributed by atoms with Crippen molar-refractivity contribution >= 4 is 21.4 Å². The molecule has 0 aromatic heterocycles. The van der Waals surface area contributed by atoms with Gasteiger partial charge in [-0.3, -0.25) is 4.79 Å². The normalized spacial score (nSPS) is 13.1. The number of nitrogen functional groups attached to an aromatic ring is 1. The molecule has 0 aliphatic carbocycles. The van der Waals surface area contributed by atoms with Crippen LogP contribution in [0.1, 0.15) is 12.5 Å². The van der Waals surface area contributed by atoms with Crippen LogP contribution in [0.2, 0.25) is 0 Å². The number of nitrogens with two attached hydrogens (primary N) is 1. The minimum Gasteiger partial charge on any atom is -0.399 e. The molecule has 1 aromatic carbocycles. The molecule has 1 amide bonds. The van der Waals surface area contributed by atoms with E-state index in [-0.39, 0.29) is 4.90 Å². The molecule has 0 bridgehead atoms. The van der Waals surface area contributed by atoms with E-state index in [9.17, 15) is 13.2 Å². The molecule has 1 atom stereocenters. The monoisotopic (exact) mass is 270 g/mol. The highest BCUT2D eigenvalue weighted by molar-refractivity contribution is 7.92. The second kappa shape index (κ2) is 4.97. The summed E-state index contributed by atoms with van der Waals surface area (Å²) < 4.78 is 24.5. The molecule has 0 aliphatic heterocycles. The third-order valence-corrected chi connectivity index (χ3v) is 4.87. The zero-order valence-electron chi connectivity index (χ0n) is 11.0. The maximum absolute atomic E-state index is 12.3. The summed E-state index contributed by atoms with van der Waals surface area (Å²) in [6, 6.07) is 4.45. The number of anilines is 1. The molecular formula is C12H18N2O3S. The van der Waals surface area contributed by atoms with Crippen LogP contribution in [0.5, 0.6) is 0 Å². The molecule has 0 spiro atoms. The Morgan fingerprint density at radius 2 is 1.89 bits per heavy atom. The number of rotatable bonds is 3. The van der Waals surface area contributed by atoms with Gasteiger partial charge in [-0.1, -0.05) is 0 Å². The Morgan fingerprint density at radius 3 is 2.33 bits per heavy atom. The van der Waals surface area contributed by atoms with Gasteiger partial charge in [0.1, 0.15) is 5.25 Å². The smallest absolute Gasteiger partial charge is 0.240 e. The third kappa shape index (κ3) is 2.64. The Kier molecular flexibility index (Phi) is 4.01. The lowest BCUT2D eigenvalue weighted by atomic mass is 10.2. The van der Waals surface area contributed by atoms with E-state index >= 15 is 0 Å². The third-order valence-electron chi connectivity index (χ3n) is 2.82. The lowest BCUT2D eigenvalue weighted by Gasteiger charge is -2.17. The Labute approximate surface area is 108 Å². The number of hydrogen-bond donors (Lipinski definition) is 1. The number of sulfone groups is 1. The number of carbonyl (C=O) groups is 1. The van der Waals surface area contributed by atoms with Gasteiger partial charge in [0.15, 0.2) is 9.84 Å². The van der Waals surface area contributed by atoms with Crippen LogP contribution in [0.15, 0.2) is 23.1 Å². The number of carbonyl (C=O) groups excluding carboxylic acids is 1. The summed E-state index contributed by atoms with van der Waals surface area (Å²) >= 11 is 0. The predicted octanol–water partition coefficient (Wildman–Crippen LogP) is 0.828. The van der Waals surface area contributed by atoms with Crippen LogP contribution < -0.4 is 5.73 Å². The molecule has 2 N–H and O–H groups in total. The maximum Gasteiger partial charge on any atom is 0.240 e. The molecule has 1 aromatic rings. The van der Waals surface area contributed by atoms with Gasteiger partial charge in [-0.2, -0.15) is 0 Å². The van der Waals surface area contributed by atoms with E-state index in [0.29, 0.717) is 11.3 Å². The summed E-state index contributed by atoms with van der Waals surface area (Å²) in [5.74, 6) is -0.440. The van der Waals surface area contributed by atoms with Crippen molar-refractivity contribution in [1.29, 1.82) is 0 Å². The number of nitrogens with zero attached hydrogens (tertiary/aromatic N) is 1. The molecule has 1 unspecified atom stereocenters. The first-order chi connectivity index (χ1) is 8.17. The number of aryl methyl sites for hydroxylation is 1. The van der Waals surface area contributed by atoms with Gasteiger partial charge in [0.2, 0.25) is 5.91 Å². The zero-order chi connectivity index (χ0) is 14.1. The molecule has 18 heavy (non-hydrogen) atoms. The molecule has 6 heteroatoms. The van der Waals surface area contributed by atoms with Crippen LogP contribution in [0.25, 0.3) is 0 Å². The van der Waals surface area contributed by atoms with Gasteiger partial charge in [0.25, 0.3) is 0 Å². The van der Waals surface area contributed by atoms with E-state index in [0.717, 1.165) is 0 Å². The van der Waals surface area contributed by atoms with Gasteiger partial charge in [0.05, 0.1) is 4.90 Å². The van der Waals surface area contributed by atoms with Gasteiger partial charge < -0.3 is 10.6 Å². The van der Waals surface area contributed by atoms with Crippen molar-refractivity contribution in [1.82, 2.24) is 4.90 Å². The second-order valence-corrected chi connectivity index (χ2v) is 6.71. The van der Waals surface area contributed by atoms with E-state index < -0.39 is 21.0 Å². The topological polar surface area (TPSA) is 80.5 Å². The minimum absolute atomic E-state index is 0.122. The van der Waals surface area contributed by atoms with Crippen LogP contribution in [0, 0.1) is 6.92 Å². The van der Waals surface area contributed by atoms with E-state index in [1.165, 1.54) is 44.1 Å². The van der Waals surface area contributed by atoms with E-state index in [2.05, 4.69) is 0 Å². The largest absolute Gasteiger partial charge is 0.399 e. The molecule has 0 radical (unpaired) electrons. The highest BCUT2D eigenvalue weighted by Gasteiger charge is 2.30. The lowest BCUT2D eigenvalue weighted by molar-refractivity contribution is -0.127. The van der Waals surface area contributed by atoms with Crippen LogP contribution in [-0.4, -0.2) is 38.6 Å². The molecule has 0 fully saturated rings. The molecule has 1 rings (SSSR count). The predicted molar refractivity (Wildman–Crippen MR) is 70.9 cm³/mol. The van der Waals surface area contributed by atoms with Crippen LogP contribution in [0.3, 0.4) is 0 Å². The SMILES string of the molecule is Cc1cc(S(=O)(=O)C(C)C(=O)N(C)C)ccc1N. The van der Waals surface area contributed by atoms with E-state index in [4.69, 9.17) is 5.73 Å². The number of hydrogen-bond acceptors (Lipinski definition) is 4. The van der Waals surface area contributed by atoms with Gasteiger partial charge in [-0.15, -0.1) is 0 Å². The summed E-state index contributed by atoms with van der Waals surface area (Å²) in [7, 11) is -0.609. The molecule has 5 nitrogen and oxygen atoms in total. The molecule has 0 saturated heterocycles. The fourth-order valence-corrected chi connectivity index (χ4v) is 3.01. The maximum atomic E-state index is 12.3. The van der Waals surface area contributed by atoms with Crippen molar-refractivity contribution < 1.29 is 13.2 Å². The Balaban J connectivity index is 3.21. The van der Waals surface area contributed by atoms with Gasteiger partial charge in [-0.05, 0) is 37.6 Å². The minimum atomic E-state index is -3.67. The molecule has 100 valence electrons. The van der Waals surface area contributed by atoms with Crippen LogP contribution >= 0.6 is 0 Å². The van der Waals surface area contributed by atoms with Crippen molar-refractivity contribution in [3.05, 3.63) is 23.8 Å². The number of amides is 1. The summed E-state index contributed by atoms with van der Waals surface area (Å²) in [4.78, 5) is 13.1. The molecular weight excluding hydrogens is 252 g/mol. The Morgan fingerprint density at radius 1 is 1.33 bits per heavy atom. The van der Waals surface area contributed by atoms with E-state index in [1.807, 2.05) is 0 Å². The quantitative estimate of drug-likeness (QED) is 0.825. The Bertz CT molecular complexity index is 565. The van der Waals surface area contributed by atoms with Crippen molar-refractivity contribution in [2.24, 2.45) is 0 Å². The summed E-state index contributed by atoms with van der Waals surface area (Å²) in [5, 5.41) is -1.10. The molecule has 0 saturated carbocycles. The fourth-order valence-electron chi connectivity index (χ4n) is 1.53.